The van der Waals surface area contributed by atoms with E-state index in [4.69, 9.17) is 4.74 Å². The van der Waals surface area contributed by atoms with Gasteiger partial charge in [-0.3, -0.25) is 9.69 Å². The van der Waals surface area contributed by atoms with Gasteiger partial charge in [-0.25, -0.2) is 4.39 Å². The number of H-pyrrole nitrogens is 1. The third kappa shape index (κ3) is 4.08. The summed E-state index contributed by atoms with van der Waals surface area (Å²) in [4.78, 5) is 18.2. The number of carbonyl (C=O) groups excluding carboxylic acids is 1. The smallest absolute Gasteiger partial charge is 0.255 e. The van der Waals surface area contributed by atoms with Gasteiger partial charge in [-0.05, 0) is 54.8 Å². The van der Waals surface area contributed by atoms with Crippen LogP contribution in [0.3, 0.4) is 0 Å². The molecule has 146 valence electrons. The summed E-state index contributed by atoms with van der Waals surface area (Å²) in [6, 6.07) is 10.3. The van der Waals surface area contributed by atoms with Crippen molar-refractivity contribution >= 4 is 22.5 Å². The van der Waals surface area contributed by atoms with Gasteiger partial charge in [0, 0.05) is 48.0 Å². The highest BCUT2D eigenvalue weighted by molar-refractivity contribution is 6.05. The van der Waals surface area contributed by atoms with Crippen LogP contribution in [0.5, 0.6) is 0 Å². The summed E-state index contributed by atoms with van der Waals surface area (Å²) in [6.45, 7) is 6.19. The predicted octanol–water partition coefficient (Wildman–Crippen LogP) is 3.74. The molecule has 0 radical (unpaired) electrons. The molecule has 5 nitrogen and oxygen atoms in total. The van der Waals surface area contributed by atoms with Gasteiger partial charge in [-0.15, -0.1) is 0 Å². The number of anilines is 1. The van der Waals surface area contributed by atoms with Crippen LogP contribution in [-0.4, -0.2) is 48.6 Å². The van der Waals surface area contributed by atoms with Gasteiger partial charge in [0.15, 0.2) is 0 Å². The maximum atomic E-state index is 13.7. The molecule has 4 rings (SSSR count). The van der Waals surface area contributed by atoms with Gasteiger partial charge in [0.1, 0.15) is 5.82 Å². The molecule has 1 amide bonds. The number of amides is 1. The summed E-state index contributed by atoms with van der Waals surface area (Å²) < 4.78 is 19.1. The standard InChI is InChI=1S/C22H24FN3O2/c1-15-2-3-16(12-20(15)23)22(27)25-18-4-5-21-19(13-18)17(14-24-21)6-7-26-8-10-28-11-9-26/h2-5,12-14,24H,6-11H2,1H3,(H,25,27). The maximum Gasteiger partial charge on any atom is 0.255 e. The molecule has 0 aliphatic carbocycles. The Labute approximate surface area is 163 Å². The topological polar surface area (TPSA) is 57.4 Å². The number of fused-ring (bicyclic) bond motifs is 1. The predicted molar refractivity (Wildman–Crippen MR) is 108 cm³/mol. The van der Waals surface area contributed by atoms with Crippen molar-refractivity contribution in [3.63, 3.8) is 0 Å². The molecule has 2 N–H and O–H groups in total. The number of benzene rings is 2. The molecule has 0 unspecified atom stereocenters. The summed E-state index contributed by atoms with van der Waals surface area (Å²) in [5.41, 5.74) is 3.79. The van der Waals surface area contributed by atoms with E-state index in [2.05, 4.69) is 15.2 Å². The molecule has 1 fully saturated rings. The fraction of sp³-hybridized carbons (Fsp3) is 0.318. The molecule has 0 spiro atoms. The van der Waals surface area contributed by atoms with E-state index in [9.17, 15) is 9.18 Å². The fourth-order valence-electron chi connectivity index (χ4n) is 3.50. The van der Waals surface area contributed by atoms with Gasteiger partial charge in [0.25, 0.3) is 5.91 Å². The van der Waals surface area contributed by atoms with E-state index in [1.54, 1.807) is 19.1 Å². The van der Waals surface area contributed by atoms with Crippen LogP contribution in [0.25, 0.3) is 10.9 Å². The summed E-state index contributed by atoms with van der Waals surface area (Å²) in [7, 11) is 0. The van der Waals surface area contributed by atoms with E-state index >= 15 is 0 Å². The Morgan fingerprint density at radius 1 is 1.21 bits per heavy atom. The van der Waals surface area contributed by atoms with Crippen molar-refractivity contribution in [3.8, 4) is 0 Å². The van der Waals surface area contributed by atoms with Crippen molar-refractivity contribution in [2.45, 2.75) is 13.3 Å². The third-order valence-electron chi connectivity index (χ3n) is 5.26. The van der Waals surface area contributed by atoms with Gasteiger partial charge in [-0.1, -0.05) is 6.07 Å². The molecule has 0 atom stereocenters. The van der Waals surface area contributed by atoms with Crippen LogP contribution in [0.2, 0.25) is 0 Å². The van der Waals surface area contributed by atoms with E-state index in [-0.39, 0.29) is 11.7 Å². The zero-order chi connectivity index (χ0) is 19.5. The van der Waals surface area contributed by atoms with Crippen LogP contribution >= 0.6 is 0 Å². The number of ether oxygens (including phenoxy) is 1. The molecule has 2 aromatic carbocycles. The summed E-state index contributed by atoms with van der Waals surface area (Å²) >= 11 is 0. The first kappa shape index (κ1) is 18.7. The van der Waals surface area contributed by atoms with E-state index in [0.717, 1.165) is 50.2 Å². The second kappa shape index (κ2) is 8.12. The monoisotopic (exact) mass is 381 g/mol. The number of rotatable bonds is 5. The second-order valence-corrected chi connectivity index (χ2v) is 7.20. The van der Waals surface area contributed by atoms with Crippen molar-refractivity contribution in [2.24, 2.45) is 0 Å². The average molecular weight is 381 g/mol. The number of aromatic amines is 1. The number of halogens is 1. The minimum Gasteiger partial charge on any atom is -0.379 e. The summed E-state index contributed by atoms with van der Waals surface area (Å²) in [6.07, 6.45) is 2.96. The molecule has 3 aromatic rings. The minimum absolute atomic E-state index is 0.310. The van der Waals surface area contributed by atoms with Crippen LogP contribution in [-0.2, 0) is 11.2 Å². The van der Waals surface area contributed by atoms with E-state index < -0.39 is 0 Å². The highest BCUT2D eigenvalue weighted by atomic mass is 19.1. The highest BCUT2D eigenvalue weighted by Gasteiger charge is 2.13. The quantitative estimate of drug-likeness (QED) is 0.708. The first-order valence-electron chi connectivity index (χ1n) is 9.58. The van der Waals surface area contributed by atoms with Gasteiger partial charge in [0.2, 0.25) is 0 Å². The molecule has 1 aliphatic rings. The Kier molecular flexibility index (Phi) is 5.41. The molecule has 1 aromatic heterocycles. The molecule has 1 saturated heterocycles. The summed E-state index contributed by atoms with van der Waals surface area (Å²) in [5, 5.41) is 3.97. The molecule has 0 saturated carbocycles. The van der Waals surface area contributed by atoms with E-state index in [0.29, 0.717) is 16.8 Å². The Balaban J connectivity index is 1.48. The van der Waals surface area contributed by atoms with E-state index in [1.165, 1.54) is 11.6 Å². The molecule has 0 bridgehead atoms. The fourth-order valence-corrected chi connectivity index (χ4v) is 3.50. The number of nitrogens with zero attached hydrogens (tertiary/aromatic N) is 1. The Hall–Kier alpha value is -2.70. The van der Waals surface area contributed by atoms with E-state index in [1.807, 2.05) is 24.4 Å². The lowest BCUT2D eigenvalue weighted by atomic mass is 10.1. The van der Waals surface area contributed by atoms with Crippen molar-refractivity contribution in [2.75, 3.05) is 38.2 Å². The number of morpholine rings is 1. The summed E-state index contributed by atoms with van der Waals surface area (Å²) in [5.74, 6) is -0.692. The molecule has 1 aliphatic heterocycles. The third-order valence-corrected chi connectivity index (χ3v) is 5.26. The largest absolute Gasteiger partial charge is 0.379 e. The number of aryl methyl sites for hydroxylation is 1. The SMILES string of the molecule is Cc1ccc(C(=O)Nc2ccc3[nH]cc(CCN4CCOCC4)c3c2)cc1F. The molecule has 6 heteroatoms. The van der Waals surface area contributed by atoms with Crippen molar-refractivity contribution < 1.29 is 13.9 Å². The Morgan fingerprint density at radius 2 is 2.04 bits per heavy atom. The number of nitrogens with one attached hydrogen (secondary N) is 2. The maximum absolute atomic E-state index is 13.7. The molecular formula is C22H24FN3O2. The molecule has 28 heavy (non-hydrogen) atoms. The number of carbonyl (C=O) groups is 1. The first-order valence-corrected chi connectivity index (χ1v) is 9.58. The lowest BCUT2D eigenvalue weighted by Gasteiger charge is -2.26. The zero-order valence-electron chi connectivity index (χ0n) is 15.9. The van der Waals surface area contributed by atoms with Crippen LogP contribution in [0.1, 0.15) is 21.5 Å². The van der Waals surface area contributed by atoms with Gasteiger partial charge < -0.3 is 15.0 Å². The van der Waals surface area contributed by atoms with Gasteiger partial charge in [0.05, 0.1) is 13.2 Å². The van der Waals surface area contributed by atoms with Crippen molar-refractivity contribution in [1.29, 1.82) is 0 Å². The van der Waals surface area contributed by atoms with Gasteiger partial charge >= 0.3 is 0 Å². The number of aromatic nitrogens is 1. The highest BCUT2D eigenvalue weighted by Crippen LogP contribution is 2.24. The van der Waals surface area contributed by atoms with Crippen LogP contribution in [0.15, 0.2) is 42.6 Å². The van der Waals surface area contributed by atoms with Crippen LogP contribution in [0, 0.1) is 12.7 Å². The molecule has 2 heterocycles. The van der Waals surface area contributed by atoms with Crippen LogP contribution in [0.4, 0.5) is 10.1 Å². The van der Waals surface area contributed by atoms with Gasteiger partial charge in [-0.2, -0.15) is 0 Å². The number of hydrogen-bond donors (Lipinski definition) is 2. The number of hydrogen-bond acceptors (Lipinski definition) is 3. The lowest BCUT2D eigenvalue weighted by molar-refractivity contribution is 0.0385. The zero-order valence-corrected chi connectivity index (χ0v) is 15.9. The minimum atomic E-state index is -0.376. The Morgan fingerprint density at radius 3 is 2.82 bits per heavy atom. The Bertz CT molecular complexity index is 993. The molecular weight excluding hydrogens is 357 g/mol. The van der Waals surface area contributed by atoms with Crippen LogP contribution < -0.4 is 5.32 Å². The second-order valence-electron chi connectivity index (χ2n) is 7.20. The lowest BCUT2D eigenvalue weighted by Crippen LogP contribution is -2.37. The van der Waals surface area contributed by atoms with Crippen molar-refractivity contribution in [1.82, 2.24) is 9.88 Å². The first-order chi connectivity index (χ1) is 13.6. The average Bonchev–Trinajstić information content (AvgIpc) is 3.11. The van der Waals surface area contributed by atoms with Crippen molar-refractivity contribution in [3.05, 3.63) is 65.1 Å². The normalized spacial score (nSPS) is 15.1.